The van der Waals surface area contributed by atoms with Crippen LogP contribution < -0.4 is 10.5 Å². The fraction of sp³-hybridized carbons (Fsp3) is 0.154. The fourth-order valence-electron chi connectivity index (χ4n) is 1.70. The molecule has 0 aliphatic heterocycles. The summed E-state index contributed by atoms with van der Waals surface area (Å²) in [6.07, 6.45) is 1.91. The van der Waals surface area contributed by atoms with Gasteiger partial charge in [0.15, 0.2) is 0 Å². The lowest BCUT2D eigenvalue weighted by molar-refractivity contribution is 0.0948. The van der Waals surface area contributed by atoms with Gasteiger partial charge in [-0.15, -0.1) is 23.1 Å². The highest BCUT2D eigenvalue weighted by atomic mass is 32.2. The van der Waals surface area contributed by atoms with Crippen LogP contribution in [0.2, 0.25) is 0 Å². The molecule has 8 heteroatoms. The maximum Gasteiger partial charge on any atom is 0.252 e. The second kappa shape index (κ2) is 6.61. The zero-order chi connectivity index (χ0) is 15.5. The first-order valence-corrected chi connectivity index (χ1v) is 9.53. The zero-order valence-electron chi connectivity index (χ0n) is 11.2. The van der Waals surface area contributed by atoms with E-state index in [-0.39, 0.29) is 16.7 Å². The number of primary sulfonamides is 1. The molecule has 0 aliphatic rings. The van der Waals surface area contributed by atoms with E-state index in [1.54, 1.807) is 18.2 Å². The lowest BCUT2D eigenvalue weighted by Crippen LogP contribution is -2.22. The quantitative estimate of drug-likeness (QED) is 0.814. The molecule has 0 unspecified atom stereocenters. The third-order valence-electron chi connectivity index (χ3n) is 2.69. The van der Waals surface area contributed by atoms with Crippen molar-refractivity contribution in [1.29, 1.82) is 0 Å². The number of hydrogen-bond donors (Lipinski definition) is 2. The van der Waals surface area contributed by atoms with Gasteiger partial charge < -0.3 is 5.32 Å². The third kappa shape index (κ3) is 4.07. The molecule has 21 heavy (non-hydrogen) atoms. The maximum atomic E-state index is 12.1. The predicted molar refractivity (Wildman–Crippen MR) is 85.1 cm³/mol. The Morgan fingerprint density at radius 2 is 2.00 bits per heavy atom. The summed E-state index contributed by atoms with van der Waals surface area (Å²) in [5.74, 6) is -0.189. The second-order valence-corrected chi connectivity index (χ2v) is 7.95. The largest absolute Gasteiger partial charge is 0.347 e. The molecule has 5 nitrogen and oxygen atoms in total. The number of benzene rings is 1. The predicted octanol–water partition coefficient (Wildman–Crippen LogP) is 2.05. The Kier molecular flexibility index (Phi) is 5.04. The van der Waals surface area contributed by atoms with Gasteiger partial charge in [-0.25, -0.2) is 13.6 Å². The average Bonchev–Trinajstić information content (AvgIpc) is 2.93. The highest BCUT2D eigenvalue weighted by Gasteiger charge is 2.13. The number of hydrogen-bond acceptors (Lipinski definition) is 5. The molecular weight excluding hydrogens is 328 g/mol. The molecule has 1 aromatic heterocycles. The summed E-state index contributed by atoms with van der Waals surface area (Å²) in [6.45, 7) is 0.266. The Balaban J connectivity index is 2.06. The first-order chi connectivity index (χ1) is 9.91. The molecule has 0 saturated carbocycles. The highest BCUT2D eigenvalue weighted by molar-refractivity contribution is 7.98. The number of nitrogens with one attached hydrogen (secondary N) is 1. The number of thiophene rings is 1. The van der Waals surface area contributed by atoms with Gasteiger partial charge in [-0.1, -0.05) is 12.1 Å². The van der Waals surface area contributed by atoms with Crippen LogP contribution in [-0.2, 0) is 16.6 Å². The van der Waals surface area contributed by atoms with Crippen molar-refractivity contribution in [1.82, 2.24) is 5.32 Å². The average molecular weight is 342 g/mol. The first-order valence-electron chi connectivity index (χ1n) is 5.94. The van der Waals surface area contributed by atoms with E-state index in [2.05, 4.69) is 5.32 Å². The Morgan fingerprint density at radius 3 is 2.62 bits per heavy atom. The molecule has 0 spiro atoms. The summed E-state index contributed by atoms with van der Waals surface area (Å²) in [5, 5.41) is 7.82. The van der Waals surface area contributed by atoms with Crippen molar-refractivity contribution < 1.29 is 13.2 Å². The summed E-state index contributed by atoms with van der Waals surface area (Å²) in [7, 11) is -3.68. The third-order valence-corrected chi connectivity index (χ3v) is 6.01. The van der Waals surface area contributed by atoms with Gasteiger partial charge >= 0.3 is 0 Å². The van der Waals surface area contributed by atoms with E-state index in [4.69, 9.17) is 5.14 Å². The smallest absolute Gasteiger partial charge is 0.252 e. The molecule has 2 aromatic rings. The van der Waals surface area contributed by atoms with Crippen LogP contribution >= 0.6 is 23.1 Å². The van der Waals surface area contributed by atoms with Gasteiger partial charge in [-0.3, -0.25) is 4.79 Å². The minimum atomic E-state index is -3.68. The van der Waals surface area contributed by atoms with Gasteiger partial charge in [0, 0.05) is 9.77 Å². The Hall–Kier alpha value is -1.35. The van der Waals surface area contributed by atoms with Crippen molar-refractivity contribution in [3.63, 3.8) is 0 Å². The van der Waals surface area contributed by atoms with E-state index in [1.807, 2.05) is 18.4 Å². The molecule has 0 aliphatic carbocycles. The van der Waals surface area contributed by atoms with Gasteiger partial charge in [0.05, 0.1) is 12.1 Å². The van der Waals surface area contributed by atoms with E-state index in [0.29, 0.717) is 5.56 Å². The summed E-state index contributed by atoms with van der Waals surface area (Å²) >= 11 is 2.55. The monoisotopic (exact) mass is 342 g/mol. The lowest BCUT2D eigenvalue weighted by atomic mass is 10.2. The van der Waals surface area contributed by atoms with Crippen LogP contribution in [0.3, 0.4) is 0 Å². The number of nitrogens with two attached hydrogens (primary N) is 1. The lowest BCUT2D eigenvalue weighted by Gasteiger charge is -2.07. The maximum absolute atomic E-state index is 12.1. The number of thioether (sulfide) groups is 1. The topological polar surface area (TPSA) is 89.3 Å². The van der Waals surface area contributed by atoms with Crippen LogP contribution in [0.1, 0.15) is 15.2 Å². The molecule has 1 amide bonds. The van der Waals surface area contributed by atoms with Gasteiger partial charge in [0.2, 0.25) is 10.0 Å². The number of rotatable bonds is 5. The van der Waals surface area contributed by atoms with Gasteiger partial charge in [0.1, 0.15) is 4.21 Å². The van der Waals surface area contributed by atoms with E-state index in [9.17, 15) is 13.2 Å². The first kappa shape index (κ1) is 16.0. The number of sulfonamides is 1. The van der Waals surface area contributed by atoms with Crippen molar-refractivity contribution in [2.45, 2.75) is 15.6 Å². The Morgan fingerprint density at radius 1 is 1.29 bits per heavy atom. The van der Waals surface area contributed by atoms with Crippen molar-refractivity contribution in [2.24, 2.45) is 5.14 Å². The highest BCUT2D eigenvalue weighted by Crippen LogP contribution is 2.22. The molecule has 0 fully saturated rings. The van der Waals surface area contributed by atoms with E-state index in [0.717, 1.165) is 21.1 Å². The Bertz CT molecular complexity index is 754. The number of amides is 1. The van der Waals surface area contributed by atoms with Crippen LogP contribution in [0, 0.1) is 0 Å². The van der Waals surface area contributed by atoms with Crippen LogP contribution in [0.15, 0.2) is 45.5 Å². The van der Waals surface area contributed by atoms with Crippen LogP contribution in [-0.4, -0.2) is 20.6 Å². The van der Waals surface area contributed by atoms with E-state index in [1.165, 1.54) is 17.8 Å². The van der Waals surface area contributed by atoms with Crippen molar-refractivity contribution in [3.05, 3.63) is 46.8 Å². The van der Waals surface area contributed by atoms with Gasteiger partial charge in [0.25, 0.3) is 5.91 Å². The minimum absolute atomic E-state index is 0.0938. The van der Waals surface area contributed by atoms with E-state index >= 15 is 0 Å². The minimum Gasteiger partial charge on any atom is -0.347 e. The number of carbonyl (C=O) groups is 1. The summed E-state index contributed by atoms with van der Waals surface area (Å²) in [6, 6.07) is 10.4. The Labute approximate surface area is 131 Å². The molecule has 0 saturated heterocycles. The van der Waals surface area contributed by atoms with Crippen LogP contribution in [0.4, 0.5) is 0 Å². The molecule has 1 aromatic carbocycles. The summed E-state index contributed by atoms with van der Waals surface area (Å²) < 4.78 is 22.5. The van der Waals surface area contributed by atoms with Crippen LogP contribution in [0.25, 0.3) is 0 Å². The van der Waals surface area contributed by atoms with E-state index < -0.39 is 10.0 Å². The van der Waals surface area contributed by atoms with Gasteiger partial charge in [-0.2, -0.15) is 0 Å². The zero-order valence-corrected chi connectivity index (χ0v) is 13.6. The SMILES string of the molecule is CSc1ccccc1C(=O)NCc1ccc(S(N)(=O)=O)s1. The summed E-state index contributed by atoms with van der Waals surface area (Å²) in [5.41, 5.74) is 0.605. The fourth-order valence-corrected chi connectivity index (χ4v) is 4.01. The molecule has 1 heterocycles. The standard InChI is InChI=1S/C13H14N2O3S3/c1-19-11-5-3-2-4-10(11)13(16)15-8-9-6-7-12(20-9)21(14,17)18/h2-7H,8H2,1H3,(H,15,16)(H2,14,17,18). The van der Waals surface area contributed by atoms with Gasteiger partial charge in [-0.05, 0) is 30.5 Å². The molecule has 3 N–H and O–H groups in total. The normalized spacial score (nSPS) is 11.3. The molecule has 2 rings (SSSR count). The van der Waals surface area contributed by atoms with Crippen molar-refractivity contribution in [2.75, 3.05) is 6.26 Å². The molecule has 0 bridgehead atoms. The van der Waals surface area contributed by atoms with Crippen LogP contribution in [0.5, 0.6) is 0 Å². The van der Waals surface area contributed by atoms with Crippen molar-refractivity contribution >= 4 is 39.0 Å². The van der Waals surface area contributed by atoms with Crippen molar-refractivity contribution in [3.8, 4) is 0 Å². The molecule has 112 valence electrons. The molecule has 0 atom stereocenters. The summed E-state index contributed by atoms with van der Waals surface area (Å²) in [4.78, 5) is 13.8. The second-order valence-electron chi connectivity index (χ2n) is 4.15. The molecular formula is C13H14N2O3S3. The number of carbonyl (C=O) groups excluding carboxylic acids is 1. The molecule has 0 radical (unpaired) electrons.